The number of H-pyrrole nitrogens is 1. The first-order valence-corrected chi connectivity index (χ1v) is 10.1. The Kier molecular flexibility index (Phi) is 5.70. The Labute approximate surface area is 172 Å². The Morgan fingerprint density at radius 2 is 1.83 bits per heavy atom. The van der Waals surface area contributed by atoms with Gasteiger partial charge in [0.2, 0.25) is 5.91 Å². The van der Waals surface area contributed by atoms with Gasteiger partial charge in [0.1, 0.15) is 5.75 Å². The summed E-state index contributed by atoms with van der Waals surface area (Å²) in [5, 5.41) is 3.98. The van der Waals surface area contributed by atoms with E-state index in [0.717, 1.165) is 60.0 Å². The third-order valence-electron chi connectivity index (χ3n) is 5.57. The number of hydrogen-bond acceptors (Lipinski definition) is 2. The molecule has 1 saturated carbocycles. The molecule has 4 nitrogen and oxygen atoms in total. The number of benzene rings is 2. The smallest absolute Gasteiger partial charge is 0.416 e. The second-order valence-electron chi connectivity index (χ2n) is 7.67. The van der Waals surface area contributed by atoms with Crippen LogP contribution >= 0.6 is 0 Å². The average Bonchev–Trinajstić information content (AvgIpc) is 3.38. The molecule has 0 atom stereocenters. The lowest BCUT2D eigenvalue weighted by Gasteiger charge is -2.10. The summed E-state index contributed by atoms with van der Waals surface area (Å²) in [7, 11) is 0. The number of aromatic amines is 1. The quantitative estimate of drug-likeness (QED) is 0.523. The first kappa shape index (κ1) is 20.3. The van der Waals surface area contributed by atoms with Crippen LogP contribution in [0.3, 0.4) is 0 Å². The van der Waals surface area contributed by atoms with Crippen molar-refractivity contribution in [1.29, 1.82) is 0 Å². The largest absolute Gasteiger partial charge is 0.493 e. The molecule has 7 heteroatoms. The van der Waals surface area contributed by atoms with E-state index >= 15 is 0 Å². The van der Waals surface area contributed by atoms with Crippen LogP contribution in [0.4, 0.5) is 18.9 Å². The Bertz CT molecular complexity index is 1020. The van der Waals surface area contributed by atoms with E-state index in [9.17, 15) is 18.0 Å². The second kappa shape index (κ2) is 8.42. The van der Waals surface area contributed by atoms with Gasteiger partial charge in [-0.3, -0.25) is 4.79 Å². The number of nitrogens with one attached hydrogen (secondary N) is 2. The van der Waals surface area contributed by atoms with Crippen LogP contribution in [0.15, 0.2) is 48.7 Å². The van der Waals surface area contributed by atoms with Gasteiger partial charge in [-0.05, 0) is 54.8 Å². The summed E-state index contributed by atoms with van der Waals surface area (Å²) in [6.07, 6.45) is 2.15. The van der Waals surface area contributed by atoms with Gasteiger partial charge in [-0.25, -0.2) is 0 Å². The highest BCUT2D eigenvalue weighted by Gasteiger charge is 2.30. The first-order chi connectivity index (χ1) is 14.4. The standard InChI is InChI=1S/C23H23F3N2O2/c24-23(25,26)17-6-8-18(9-7-17)30-12-11-15-5-10-20-19(13-15)21(14-27-20)28-22(29)16-3-1-2-4-16/h5-10,13-14,16,27H,1-4,11-12H2,(H,28,29). The van der Waals surface area contributed by atoms with Gasteiger partial charge < -0.3 is 15.0 Å². The Balaban J connectivity index is 1.38. The first-order valence-electron chi connectivity index (χ1n) is 10.1. The normalized spacial score (nSPS) is 14.9. The summed E-state index contributed by atoms with van der Waals surface area (Å²) in [6.45, 7) is 0.338. The fourth-order valence-electron chi connectivity index (χ4n) is 3.88. The highest BCUT2D eigenvalue weighted by molar-refractivity contribution is 6.02. The van der Waals surface area contributed by atoms with Crippen LogP contribution in [0, 0.1) is 5.92 Å². The zero-order chi connectivity index (χ0) is 21.1. The minimum absolute atomic E-state index is 0.0736. The predicted octanol–water partition coefficient (Wildman–Crippen LogP) is 5.94. The predicted molar refractivity (Wildman–Crippen MR) is 110 cm³/mol. The topological polar surface area (TPSA) is 54.1 Å². The van der Waals surface area contributed by atoms with Crippen molar-refractivity contribution in [1.82, 2.24) is 4.98 Å². The summed E-state index contributed by atoms with van der Waals surface area (Å²) in [5.74, 6) is 0.565. The van der Waals surface area contributed by atoms with Crippen LogP contribution in [0.5, 0.6) is 5.75 Å². The summed E-state index contributed by atoms with van der Waals surface area (Å²) in [6, 6.07) is 10.6. The van der Waals surface area contributed by atoms with Crippen molar-refractivity contribution in [2.45, 2.75) is 38.3 Å². The van der Waals surface area contributed by atoms with Gasteiger partial charge >= 0.3 is 6.18 Å². The summed E-state index contributed by atoms with van der Waals surface area (Å²) in [5.41, 5.74) is 2.03. The fourth-order valence-corrected chi connectivity index (χ4v) is 3.88. The fraction of sp³-hybridized carbons (Fsp3) is 0.348. The minimum Gasteiger partial charge on any atom is -0.493 e. The van der Waals surface area contributed by atoms with Gasteiger partial charge in [-0.2, -0.15) is 13.2 Å². The van der Waals surface area contributed by atoms with Crippen molar-refractivity contribution in [2.24, 2.45) is 5.92 Å². The van der Waals surface area contributed by atoms with E-state index in [-0.39, 0.29) is 11.8 Å². The van der Waals surface area contributed by atoms with Gasteiger partial charge in [0.25, 0.3) is 0 Å². The van der Waals surface area contributed by atoms with E-state index in [0.29, 0.717) is 18.8 Å². The molecule has 0 spiro atoms. The number of rotatable bonds is 6. The Morgan fingerprint density at radius 1 is 1.10 bits per heavy atom. The molecule has 1 fully saturated rings. The van der Waals surface area contributed by atoms with Crippen LogP contribution in [-0.2, 0) is 17.4 Å². The van der Waals surface area contributed by atoms with Gasteiger partial charge in [-0.1, -0.05) is 18.9 Å². The molecule has 0 radical (unpaired) electrons. The Hall–Kier alpha value is -2.96. The third-order valence-corrected chi connectivity index (χ3v) is 5.57. The number of hydrogen-bond donors (Lipinski definition) is 2. The number of alkyl halides is 3. The lowest BCUT2D eigenvalue weighted by atomic mass is 10.1. The molecule has 4 rings (SSSR count). The van der Waals surface area contributed by atoms with Gasteiger partial charge in [0.05, 0.1) is 17.9 Å². The summed E-state index contributed by atoms with van der Waals surface area (Å²) < 4.78 is 43.5. The van der Waals surface area contributed by atoms with Crippen molar-refractivity contribution in [3.05, 3.63) is 59.8 Å². The molecule has 0 unspecified atom stereocenters. The van der Waals surface area contributed by atoms with Crippen LogP contribution < -0.4 is 10.1 Å². The zero-order valence-corrected chi connectivity index (χ0v) is 16.4. The summed E-state index contributed by atoms with van der Waals surface area (Å²) >= 11 is 0. The molecule has 30 heavy (non-hydrogen) atoms. The van der Waals surface area contributed by atoms with Crippen LogP contribution in [0.1, 0.15) is 36.8 Å². The van der Waals surface area contributed by atoms with E-state index in [4.69, 9.17) is 4.74 Å². The number of fused-ring (bicyclic) bond motifs is 1. The van der Waals surface area contributed by atoms with Crippen LogP contribution in [0.25, 0.3) is 10.9 Å². The molecule has 0 aliphatic heterocycles. The molecule has 3 aromatic rings. The monoisotopic (exact) mass is 416 g/mol. The van der Waals surface area contributed by atoms with Gasteiger partial charge in [-0.15, -0.1) is 0 Å². The molecule has 2 N–H and O–H groups in total. The van der Waals surface area contributed by atoms with Crippen molar-refractivity contribution >= 4 is 22.5 Å². The molecule has 1 aliphatic carbocycles. The van der Waals surface area contributed by atoms with Crippen molar-refractivity contribution < 1.29 is 22.7 Å². The number of aromatic nitrogens is 1. The minimum atomic E-state index is -4.35. The molecule has 2 aromatic carbocycles. The molecular weight excluding hydrogens is 393 g/mol. The molecular formula is C23H23F3N2O2. The number of amides is 1. The summed E-state index contributed by atoms with van der Waals surface area (Å²) in [4.78, 5) is 15.6. The zero-order valence-electron chi connectivity index (χ0n) is 16.4. The van der Waals surface area contributed by atoms with Crippen molar-refractivity contribution in [2.75, 3.05) is 11.9 Å². The molecule has 1 heterocycles. The molecule has 1 aliphatic rings. The highest BCUT2D eigenvalue weighted by Crippen LogP contribution is 2.31. The number of ether oxygens (including phenoxy) is 1. The lowest BCUT2D eigenvalue weighted by molar-refractivity contribution is -0.137. The molecule has 0 saturated heterocycles. The van der Waals surface area contributed by atoms with E-state index in [1.54, 1.807) is 6.20 Å². The third kappa shape index (κ3) is 4.61. The lowest BCUT2D eigenvalue weighted by Crippen LogP contribution is -2.20. The van der Waals surface area contributed by atoms with E-state index in [2.05, 4.69) is 10.3 Å². The Morgan fingerprint density at radius 3 is 2.53 bits per heavy atom. The van der Waals surface area contributed by atoms with Crippen LogP contribution in [-0.4, -0.2) is 17.5 Å². The molecule has 1 amide bonds. The number of carbonyl (C=O) groups excluding carboxylic acids is 1. The maximum absolute atomic E-state index is 12.6. The molecule has 1 aromatic heterocycles. The van der Waals surface area contributed by atoms with E-state index in [1.165, 1.54) is 12.1 Å². The molecule has 0 bridgehead atoms. The SMILES string of the molecule is O=C(Nc1c[nH]c2ccc(CCOc3ccc(C(F)(F)F)cc3)cc12)C1CCCC1. The number of anilines is 1. The van der Waals surface area contributed by atoms with E-state index in [1.807, 2.05) is 18.2 Å². The molecule has 158 valence electrons. The van der Waals surface area contributed by atoms with Crippen molar-refractivity contribution in [3.63, 3.8) is 0 Å². The van der Waals surface area contributed by atoms with Crippen LogP contribution in [0.2, 0.25) is 0 Å². The maximum Gasteiger partial charge on any atom is 0.416 e. The van der Waals surface area contributed by atoms with Gasteiger partial charge in [0, 0.05) is 29.4 Å². The van der Waals surface area contributed by atoms with Gasteiger partial charge in [0.15, 0.2) is 0 Å². The average molecular weight is 416 g/mol. The number of carbonyl (C=O) groups is 1. The second-order valence-corrected chi connectivity index (χ2v) is 7.67. The maximum atomic E-state index is 12.6. The van der Waals surface area contributed by atoms with Crippen molar-refractivity contribution in [3.8, 4) is 5.75 Å². The highest BCUT2D eigenvalue weighted by atomic mass is 19.4. The van der Waals surface area contributed by atoms with E-state index < -0.39 is 11.7 Å². The number of halogens is 3.